The summed E-state index contributed by atoms with van der Waals surface area (Å²) in [5, 5.41) is 10.8. The number of rotatable bonds is 3. The van der Waals surface area contributed by atoms with Gasteiger partial charge in [-0.1, -0.05) is 0 Å². The second kappa shape index (κ2) is 4.01. The van der Waals surface area contributed by atoms with Gasteiger partial charge in [0.05, 0.1) is 12.0 Å². The fourth-order valence-electron chi connectivity index (χ4n) is 1.35. The van der Waals surface area contributed by atoms with E-state index in [1.807, 2.05) is 0 Å². The summed E-state index contributed by atoms with van der Waals surface area (Å²) in [6, 6.07) is 6.38. The van der Waals surface area contributed by atoms with Crippen LogP contribution < -0.4 is 4.74 Å². The van der Waals surface area contributed by atoms with Crippen LogP contribution in [0.15, 0.2) is 36.7 Å². The molecule has 0 saturated heterocycles. The van der Waals surface area contributed by atoms with Gasteiger partial charge in [0, 0.05) is 24.5 Å². The molecule has 0 aromatic carbocycles. The molecule has 2 aromatic heterocycles. The second-order valence-electron chi connectivity index (χ2n) is 3.04. The molecule has 6 nitrogen and oxygen atoms in total. The minimum absolute atomic E-state index is 0.0583. The molecule has 0 N–H and O–H groups in total. The Balaban J connectivity index is 2.59. The van der Waals surface area contributed by atoms with Gasteiger partial charge in [-0.15, -0.1) is 0 Å². The molecule has 0 saturated carbocycles. The molecule has 0 aliphatic carbocycles. The van der Waals surface area contributed by atoms with Crippen LogP contribution in [-0.4, -0.2) is 21.6 Å². The van der Waals surface area contributed by atoms with Crippen LogP contribution in [0.2, 0.25) is 0 Å². The third kappa shape index (κ3) is 1.72. The average molecular weight is 219 g/mol. The molecule has 0 amide bonds. The topological polar surface area (TPSA) is 70.2 Å². The van der Waals surface area contributed by atoms with Crippen LogP contribution in [0.25, 0.3) is 5.82 Å². The molecular formula is C10H9N3O3. The van der Waals surface area contributed by atoms with Gasteiger partial charge in [0.2, 0.25) is 11.7 Å². The van der Waals surface area contributed by atoms with Crippen molar-refractivity contribution in [3.8, 4) is 11.7 Å². The van der Waals surface area contributed by atoms with Gasteiger partial charge in [0.25, 0.3) is 0 Å². The number of aromatic nitrogens is 2. The molecule has 2 rings (SSSR count). The minimum atomic E-state index is -0.470. The highest BCUT2D eigenvalue weighted by atomic mass is 16.6. The summed E-state index contributed by atoms with van der Waals surface area (Å²) in [6.45, 7) is 0. The molecule has 2 heterocycles. The highest BCUT2D eigenvalue weighted by Gasteiger charge is 2.17. The molecule has 0 atom stereocenters. The predicted molar refractivity (Wildman–Crippen MR) is 56.8 cm³/mol. The number of hydrogen-bond acceptors (Lipinski definition) is 4. The van der Waals surface area contributed by atoms with Crippen molar-refractivity contribution in [3.05, 3.63) is 46.8 Å². The van der Waals surface area contributed by atoms with E-state index in [-0.39, 0.29) is 11.5 Å². The lowest BCUT2D eigenvalue weighted by Crippen LogP contribution is -2.02. The maximum absolute atomic E-state index is 10.8. The van der Waals surface area contributed by atoms with Crippen molar-refractivity contribution in [2.75, 3.05) is 7.11 Å². The number of hydrogen-bond donors (Lipinski definition) is 0. The summed E-state index contributed by atoms with van der Waals surface area (Å²) in [4.78, 5) is 14.4. The number of pyridine rings is 1. The Hall–Kier alpha value is -2.37. The van der Waals surface area contributed by atoms with Crippen molar-refractivity contribution in [2.24, 2.45) is 0 Å². The normalized spacial score (nSPS) is 10.1. The first-order valence-electron chi connectivity index (χ1n) is 4.55. The number of nitrogens with zero attached hydrogens (tertiary/aromatic N) is 3. The Labute approximate surface area is 91.3 Å². The monoisotopic (exact) mass is 219 g/mol. The van der Waals surface area contributed by atoms with Gasteiger partial charge < -0.3 is 9.30 Å². The maximum Gasteiger partial charge on any atom is 0.312 e. The van der Waals surface area contributed by atoms with E-state index in [9.17, 15) is 10.1 Å². The van der Waals surface area contributed by atoms with Crippen molar-refractivity contribution in [2.45, 2.75) is 0 Å². The van der Waals surface area contributed by atoms with E-state index in [2.05, 4.69) is 4.98 Å². The van der Waals surface area contributed by atoms with Crippen molar-refractivity contribution in [1.29, 1.82) is 0 Å². The summed E-state index contributed by atoms with van der Waals surface area (Å²) in [7, 11) is 1.47. The molecule has 82 valence electrons. The lowest BCUT2D eigenvalue weighted by atomic mass is 10.4. The van der Waals surface area contributed by atoms with E-state index in [1.165, 1.54) is 19.2 Å². The minimum Gasteiger partial charge on any atom is -0.481 e. The first kappa shape index (κ1) is 10.2. The molecule has 16 heavy (non-hydrogen) atoms. The van der Waals surface area contributed by atoms with E-state index >= 15 is 0 Å². The molecule has 0 unspecified atom stereocenters. The Morgan fingerprint density at radius 3 is 2.62 bits per heavy atom. The Bertz CT molecular complexity index is 508. The van der Waals surface area contributed by atoms with E-state index in [0.717, 1.165) is 0 Å². The van der Waals surface area contributed by atoms with Crippen LogP contribution in [0.3, 0.4) is 0 Å². The number of ether oxygens (including phenoxy) is 1. The lowest BCUT2D eigenvalue weighted by Gasteiger charge is -2.05. The number of methoxy groups -OCH3 is 1. The van der Waals surface area contributed by atoms with Crippen molar-refractivity contribution >= 4 is 5.69 Å². The van der Waals surface area contributed by atoms with Gasteiger partial charge in [0.1, 0.15) is 0 Å². The zero-order valence-corrected chi connectivity index (χ0v) is 8.53. The van der Waals surface area contributed by atoms with Gasteiger partial charge in [0.15, 0.2) is 0 Å². The first-order valence-corrected chi connectivity index (χ1v) is 4.55. The quantitative estimate of drug-likeness (QED) is 0.582. The number of nitro groups is 1. The summed E-state index contributed by atoms with van der Waals surface area (Å²) >= 11 is 0. The van der Waals surface area contributed by atoms with Gasteiger partial charge in [-0.05, 0) is 12.1 Å². The van der Waals surface area contributed by atoms with Crippen LogP contribution in [0.4, 0.5) is 5.69 Å². The van der Waals surface area contributed by atoms with Gasteiger partial charge in [-0.25, -0.2) is 0 Å². The Kier molecular flexibility index (Phi) is 2.55. The fourth-order valence-corrected chi connectivity index (χ4v) is 1.35. The van der Waals surface area contributed by atoms with Crippen LogP contribution in [0.1, 0.15) is 0 Å². The average Bonchev–Trinajstić information content (AvgIpc) is 2.81. The molecule has 0 aliphatic heterocycles. The van der Waals surface area contributed by atoms with Gasteiger partial charge in [-0.2, -0.15) is 4.98 Å². The van der Waals surface area contributed by atoms with E-state index in [1.54, 1.807) is 29.1 Å². The first-order chi connectivity index (χ1) is 7.72. The Morgan fingerprint density at radius 1 is 1.38 bits per heavy atom. The molecule has 0 spiro atoms. The molecule has 0 bridgehead atoms. The molecular weight excluding hydrogens is 210 g/mol. The van der Waals surface area contributed by atoms with Crippen LogP contribution in [0, 0.1) is 10.1 Å². The predicted octanol–water partition coefficient (Wildman–Crippen LogP) is 1.79. The van der Waals surface area contributed by atoms with E-state index < -0.39 is 4.92 Å². The Morgan fingerprint density at radius 2 is 2.06 bits per heavy atom. The van der Waals surface area contributed by atoms with Gasteiger partial charge in [-0.3, -0.25) is 10.1 Å². The second-order valence-corrected chi connectivity index (χ2v) is 3.04. The summed E-state index contributed by atoms with van der Waals surface area (Å²) in [5.41, 5.74) is -0.0583. The third-order valence-electron chi connectivity index (χ3n) is 2.08. The summed E-state index contributed by atoms with van der Waals surface area (Å²) in [5.74, 6) is 0.587. The third-order valence-corrected chi connectivity index (χ3v) is 2.08. The van der Waals surface area contributed by atoms with Gasteiger partial charge >= 0.3 is 5.69 Å². The van der Waals surface area contributed by atoms with Crippen LogP contribution >= 0.6 is 0 Å². The van der Waals surface area contributed by atoms with E-state index in [0.29, 0.717) is 5.88 Å². The fraction of sp³-hybridized carbons (Fsp3) is 0.100. The summed E-state index contributed by atoms with van der Waals surface area (Å²) < 4.78 is 6.51. The van der Waals surface area contributed by atoms with E-state index in [4.69, 9.17) is 4.74 Å². The SMILES string of the molecule is COc1ccc([N+](=O)[O-])c(-n2cccc2)n1. The van der Waals surface area contributed by atoms with Crippen LogP contribution in [-0.2, 0) is 0 Å². The highest BCUT2D eigenvalue weighted by Crippen LogP contribution is 2.23. The molecule has 6 heteroatoms. The lowest BCUT2D eigenvalue weighted by molar-refractivity contribution is -0.384. The summed E-state index contributed by atoms with van der Waals surface area (Å²) in [6.07, 6.45) is 3.38. The zero-order chi connectivity index (χ0) is 11.5. The molecule has 2 aromatic rings. The smallest absolute Gasteiger partial charge is 0.312 e. The zero-order valence-electron chi connectivity index (χ0n) is 8.53. The molecule has 0 fully saturated rings. The molecule has 0 aliphatic rings. The maximum atomic E-state index is 10.8. The van der Waals surface area contributed by atoms with Crippen molar-refractivity contribution in [1.82, 2.24) is 9.55 Å². The van der Waals surface area contributed by atoms with Crippen molar-refractivity contribution in [3.63, 3.8) is 0 Å². The standard InChI is InChI=1S/C10H9N3O3/c1-16-9-5-4-8(13(14)15)10(11-9)12-6-2-3-7-12/h2-7H,1H3. The van der Waals surface area contributed by atoms with Crippen LogP contribution in [0.5, 0.6) is 5.88 Å². The highest BCUT2D eigenvalue weighted by molar-refractivity contribution is 5.48. The van der Waals surface area contributed by atoms with Crippen molar-refractivity contribution < 1.29 is 9.66 Å². The largest absolute Gasteiger partial charge is 0.481 e. The molecule has 0 radical (unpaired) electrons.